The van der Waals surface area contributed by atoms with E-state index < -0.39 is 11.0 Å². The zero-order chi connectivity index (χ0) is 31.3. The van der Waals surface area contributed by atoms with Gasteiger partial charge in [-0.15, -0.1) is 19.7 Å². The van der Waals surface area contributed by atoms with Crippen molar-refractivity contribution in [3.63, 3.8) is 0 Å². The molecule has 0 saturated heterocycles. The van der Waals surface area contributed by atoms with Gasteiger partial charge in [-0.1, -0.05) is 62.4 Å². The minimum Gasteiger partial charge on any atom is -0.508 e. The highest BCUT2D eigenvalue weighted by molar-refractivity contribution is 5.78. The fraction of sp³-hybridized carbons (Fsp3) is 0.342. The molecule has 0 spiro atoms. The molecule has 0 fully saturated rings. The molecular formula is C38H46O4. The first kappa shape index (κ1) is 32.5. The van der Waals surface area contributed by atoms with Gasteiger partial charge in [0.1, 0.15) is 22.8 Å². The summed E-state index contributed by atoms with van der Waals surface area (Å²) in [5.41, 5.74) is 4.39. The Morgan fingerprint density at radius 2 is 1.14 bits per heavy atom. The van der Waals surface area contributed by atoms with Crippen molar-refractivity contribution in [3.05, 3.63) is 126 Å². The fourth-order valence-corrected chi connectivity index (χ4v) is 4.80. The van der Waals surface area contributed by atoms with Crippen LogP contribution in [0.4, 0.5) is 0 Å². The number of hydrogen-bond donors (Lipinski definition) is 1. The molecule has 4 heteroatoms. The number of carbonyl (C=O) groups excluding carboxylic acids is 1. The third-order valence-corrected chi connectivity index (χ3v) is 7.61. The Morgan fingerprint density at radius 3 is 1.67 bits per heavy atom. The summed E-state index contributed by atoms with van der Waals surface area (Å²) in [6, 6.07) is 18.0. The van der Waals surface area contributed by atoms with Crippen LogP contribution < -0.4 is 9.47 Å². The molecule has 0 aromatic heterocycles. The third kappa shape index (κ3) is 7.42. The van der Waals surface area contributed by atoms with E-state index in [1.807, 2.05) is 77.1 Å². The lowest BCUT2D eigenvalue weighted by atomic mass is 9.76. The fourth-order valence-electron chi connectivity index (χ4n) is 4.80. The number of benzene rings is 3. The molecule has 0 heterocycles. The van der Waals surface area contributed by atoms with Crippen molar-refractivity contribution >= 4 is 5.97 Å². The number of hydrogen-bond acceptors (Lipinski definition) is 4. The Morgan fingerprint density at radius 1 is 0.690 bits per heavy atom. The third-order valence-electron chi connectivity index (χ3n) is 7.61. The van der Waals surface area contributed by atoms with Gasteiger partial charge in [0.15, 0.2) is 0 Å². The number of phenols is 1. The topological polar surface area (TPSA) is 55.8 Å². The number of allylic oxidation sites excluding steroid dienone is 3. The smallest absolute Gasteiger partial charge is 0.316 e. The van der Waals surface area contributed by atoms with Crippen molar-refractivity contribution in [2.24, 2.45) is 5.41 Å². The Kier molecular flexibility index (Phi) is 9.94. The SMILES string of the molecule is C=CCc1cc(C(C)(C)Oc2ccc(C(C)(C)c3ccc(OC(=O)C(C)(C)C)c(CC=C)c3)cc2CC=C)ccc1O. The average Bonchev–Trinajstić information content (AvgIpc) is 2.91. The predicted octanol–water partition coefficient (Wildman–Crippen LogP) is 9.17. The van der Waals surface area contributed by atoms with Crippen molar-refractivity contribution in [2.75, 3.05) is 0 Å². The Hall–Kier alpha value is -4.05. The van der Waals surface area contributed by atoms with Crippen LogP contribution in [0.3, 0.4) is 0 Å². The molecule has 3 aromatic rings. The lowest BCUT2D eigenvalue weighted by Gasteiger charge is -2.31. The van der Waals surface area contributed by atoms with Gasteiger partial charge >= 0.3 is 5.97 Å². The second-order valence-corrected chi connectivity index (χ2v) is 12.8. The van der Waals surface area contributed by atoms with Gasteiger partial charge in [0, 0.05) is 5.41 Å². The molecule has 1 N–H and O–H groups in total. The van der Waals surface area contributed by atoms with Gasteiger partial charge < -0.3 is 14.6 Å². The molecule has 0 radical (unpaired) electrons. The van der Waals surface area contributed by atoms with Crippen LogP contribution in [-0.4, -0.2) is 11.1 Å². The van der Waals surface area contributed by atoms with Crippen LogP contribution in [0.2, 0.25) is 0 Å². The van der Waals surface area contributed by atoms with Crippen LogP contribution in [0.25, 0.3) is 0 Å². The molecule has 0 aliphatic rings. The largest absolute Gasteiger partial charge is 0.508 e. The van der Waals surface area contributed by atoms with Crippen LogP contribution in [0.15, 0.2) is 92.6 Å². The number of phenolic OH excluding ortho intramolecular Hbond substituents is 1. The van der Waals surface area contributed by atoms with E-state index in [-0.39, 0.29) is 17.1 Å². The quantitative estimate of drug-likeness (QED) is 0.135. The molecule has 0 bridgehead atoms. The maximum Gasteiger partial charge on any atom is 0.316 e. The van der Waals surface area contributed by atoms with Crippen LogP contribution in [-0.2, 0) is 35.1 Å². The van der Waals surface area contributed by atoms with E-state index in [1.54, 1.807) is 12.1 Å². The van der Waals surface area contributed by atoms with Gasteiger partial charge in [0.2, 0.25) is 0 Å². The first-order valence-corrected chi connectivity index (χ1v) is 14.5. The molecule has 3 aromatic carbocycles. The standard InChI is InChI=1S/C38H46O4/c1-11-14-26-23-31(17-20-32(26)39)38(9,10)42-34-22-19-30(25-28(34)16-13-3)37(7,8)29-18-21-33(27(24-29)15-12-2)41-35(40)36(4,5)6/h11-13,17-25,39H,1-3,14-16H2,4-10H3. The van der Waals surface area contributed by atoms with E-state index in [9.17, 15) is 9.90 Å². The first-order valence-electron chi connectivity index (χ1n) is 14.5. The minimum atomic E-state index is -0.642. The first-order chi connectivity index (χ1) is 19.6. The number of aromatic hydroxyl groups is 1. The van der Waals surface area contributed by atoms with E-state index >= 15 is 0 Å². The molecule has 222 valence electrons. The van der Waals surface area contributed by atoms with E-state index in [0.717, 1.165) is 39.1 Å². The van der Waals surface area contributed by atoms with Gasteiger partial charge in [-0.05, 0) is 112 Å². The lowest BCUT2D eigenvalue weighted by Crippen LogP contribution is -2.26. The second kappa shape index (κ2) is 12.9. The van der Waals surface area contributed by atoms with Gasteiger partial charge in [-0.2, -0.15) is 0 Å². The molecule has 0 aliphatic heterocycles. The normalized spacial score (nSPS) is 12.0. The highest BCUT2D eigenvalue weighted by Crippen LogP contribution is 2.39. The molecule has 42 heavy (non-hydrogen) atoms. The monoisotopic (exact) mass is 566 g/mol. The summed E-state index contributed by atoms with van der Waals surface area (Å²) < 4.78 is 12.4. The van der Waals surface area contributed by atoms with E-state index in [0.29, 0.717) is 25.0 Å². The summed E-state index contributed by atoms with van der Waals surface area (Å²) in [6.07, 6.45) is 7.31. The Balaban J connectivity index is 1.98. The number of ether oxygens (including phenoxy) is 2. The van der Waals surface area contributed by atoms with Crippen molar-refractivity contribution in [2.45, 2.75) is 78.7 Å². The Labute approximate surface area is 252 Å². The van der Waals surface area contributed by atoms with E-state index in [2.05, 4.69) is 51.8 Å². The summed E-state index contributed by atoms with van der Waals surface area (Å²) in [6.45, 7) is 25.7. The zero-order valence-electron chi connectivity index (χ0n) is 26.3. The van der Waals surface area contributed by atoms with Gasteiger partial charge in [-0.25, -0.2) is 0 Å². The molecule has 3 rings (SSSR count). The molecule has 0 atom stereocenters. The van der Waals surface area contributed by atoms with E-state index in [1.165, 1.54) is 0 Å². The van der Waals surface area contributed by atoms with Crippen LogP contribution >= 0.6 is 0 Å². The number of carbonyl (C=O) groups is 1. The van der Waals surface area contributed by atoms with Gasteiger partial charge in [0.05, 0.1) is 5.41 Å². The molecule has 0 amide bonds. The maximum absolute atomic E-state index is 12.6. The van der Waals surface area contributed by atoms with Crippen molar-refractivity contribution in [1.82, 2.24) is 0 Å². The minimum absolute atomic E-state index is 0.255. The molecule has 0 saturated carbocycles. The number of esters is 1. The summed E-state index contributed by atoms with van der Waals surface area (Å²) in [5.74, 6) is 1.34. The van der Waals surface area contributed by atoms with Gasteiger partial charge in [0.25, 0.3) is 0 Å². The highest BCUT2D eigenvalue weighted by atomic mass is 16.5. The van der Waals surface area contributed by atoms with Crippen LogP contribution in [0.5, 0.6) is 17.2 Å². The van der Waals surface area contributed by atoms with Crippen molar-refractivity contribution in [3.8, 4) is 17.2 Å². The summed E-state index contributed by atoms with van der Waals surface area (Å²) in [5, 5.41) is 10.2. The molecule has 4 nitrogen and oxygen atoms in total. The van der Waals surface area contributed by atoms with Crippen LogP contribution in [0.1, 0.15) is 81.8 Å². The second-order valence-electron chi connectivity index (χ2n) is 12.8. The zero-order valence-corrected chi connectivity index (χ0v) is 26.3. The lowest BCUT2D eigenvalue weighted by molar-refractivity contribution is -0.143. The average molecular weight is 567 g/mol. The summed E-state index contributed by atoms with van der Waals surface area (Å²) >= 11 is 0. The molecule has 0 aliphatic carbocycles. The Bertz CT molecular complexity index is 1470. The molecular weight excluding hydrogens is 520 g/mol. The molecule has 0 unspecified atom stereocenters. The maximum atomic E-state index is 12.6. The highest BCUT2D eigenvalue weighted by Gasteiger charge is 2.29. The van der Waals surface area contributed by atoms with Crippen molar-refractivity contribution < 1.29 is 19.4 Å². The summed E-state index contributed by atoms with van der Waals surface area (Å²) in [4.78, 5) is 12.6. The van der Waals surface area contributed by atoms with E-state index in [4.69, 9.17) is 9.47 Å². The summed E-state index contributed by atoms with van der Waals surface area (Å²) in [7, 11) is 0. The van der Waals surface area contributed by atoms with Gasteiger partial charge in [-0.3, -0.25) is 4.79 Å². The van der Waals surface area contributed by atoms with Crippen molar-refractivity contribution in [1.29, 1.82) is 0 Å². The predicted molar refractivity (Wildman–Crippen MR) is 174 cm³/mol. The number of rotatable bonds is 12. The van der Waals surface area contributed by atoms with Crippen LogP contribution in [0, 0.1) is 5.41 Å².